The van der Waals surface area contributed by atoms with E-state index in [1.54, 1.807) is 23.7 Å². The maximum Gasteiger partial charge on any atom is 0.273 e. The van der Waals surface area contributed by atoms with E-state index in [2.05, 4.69) is 36.9 Å². The van der Waals surface area contributed by atoms with Gasteiger partial charge in [-0.1, -0.05) is 33.3 Å². The molecule has 2 aromatic carbocycles. The van der Waals surface area contributed by atoms with Crippen LogP contribution in [-0.2, 0) is 0 Å². The van der Waals surface area contributed by atoms with Gasteiger partial charge in [0.15, 0.2) is 5.69 Å². The van der Waals surface area contributed by atoms with Crippen LogP contribution in [0.3, 0.4) is 0 Å². The fourth-order valence-electron chi connectivity index (χ4n) is 2.72. The lowest BCUT2D eigenvalue weighted by atomic mass is 10.2. The summed E-state index contributed by atoms with van der Waals surface area (Å²) in [6.07, 6.45) is 0.551. The molecule has 0 radical (unpaired) electrons. The smallest absolute Gasteiger partial charge is 0.273 e. The van der Waals surface area contributed by atoms with Gasteiger partial charge in [0.25, 0.3) is 11.8 Å². The quantitative estimate of drug-likeness (QED) is 0.472. The Morgan fingerprint density at radius 2 is 1.79 bits per heavy atom. The predicted octanol–water partition coefficient (Wildman–Crippen LogP) is 2.59. The number of carbonyl (C=O) groups excluding carboxylic acids is 2. The standard InChI is InChI=1S/C20H20BrN5O3/c1-13-18(24-25-26(13)16-7-3-6-15(21)12-16)20(29)23-10-4-9-22-19(28)14-5-2-8-17(27)11-14/h2-3,5-8,11-12,27H,4,9-10H2,1H3,(H,22,28)(H,23,29). The Balaban J connectivity index is 1.48. The minimum atomic E-state index is -0.317. The molecule has 150 valence electrons. The molecule has 0 spiro atoms. The number of aromatic nitrogens is 3. The molecule has 0 aliphatic rings. The van der Waals surface area contributed by atoms with E-state index in [4.69, 9.17) is 0 Å². The molecule has 0 aliphatic carbocycles. The summed E-state index contributed by atoms with van der Waals surface area (Å²) in [6.45, 7) is 2.55. The molecule has 29 heavy (non-hydrogen) atoms. The molecule has 1 heterocycles. The molecule has 8 nitrogen and oxygen atoms in total. The van der Waals surface area contributed by atoms with Gasteiger partial charge in [-0.15, -0.1) is 5.10 Å². The number of benzene rings is 2. The highest BCUT2D eigenvalue weighted by Crippen LogP contribution is 2.17. The third kappa shape index (κ3) is 5.20. The van der Waals surface area contributed by atoms with Crippen LogP contribution in [0.25, 0.3) is 5.69 Å². The Bertz CT molecular complexity index is 1030. The van der Waals surface area contributed by atoms with Crippen molar-refractivity contribution in [1.82, 2.24) is 25.6 Å². The second-order valence-corrected chi connectivity index (χ2v) is 7.25. The number of hydrogen-bond acceptors (Lipinski definition) is 5. The van der Waals surface area contributed by atoms with E-state index in [0.29, 0.717) is 30.8 Å². The summed E-state index contributed by atoms with van der Waals surface area (Å²) in [5.74, 6) is -0.556. The zero-order valence-corrected chi connectivity index (χ0v) is 17.3. The molecular weight excluding hydrogens is 438 g/mol. The van der Waals surface area contributed by atoms with Crippen LogP contribution in [0.5, 0.6) is 5.75 Å². The van der Waals surface area contributed by atoms with E-state index in [-0.39, 0.29) is 23.3 Å². The van der Waals surface area contributed by atoms with Crippen molar-refractivity contribution in [3.63, 3.8) is 0 Å². The first kappa shape index (κ1) is 20.5. The lowest BCUT2D eigenvalue weighted by molar-refractivity contribution is 0.0947. The Kier molecular flexibility index (Phi) is 6.61. The van der Waals surface area contributed by atoms with Crippen molar-refractivity contribution in [1.29, 1.82) is 0 Å². The molecular formula is C20H20BrN5O3. The lowest BCUT2D eigenvalue weighted by Gasteiger charge is -2.07. The Morgan fingerprint density at radius 1 is 1.07 bits per heavy atom. The summed E-state index contributed by atoms with van der Waals surface area (Å²) >= 11 is 3.41. The van der Waals surface area contributed by atoms with Crippen LogP contribution in [0, 0.1) is 6.92 Å². The summed E-state index contributed by atoms with van der Waals surface area (Å²) < 4.78 is 2.51. The molecule has 0 fully saturated rings. The SMILES string of the molecule is Cc1c(C(=O)NCCCNC(=O)c2cccc(O)c2)nnn1-c1cccc(Br)c1. The summed E-state index contributed by atoms with van der Waals surface area (Å²) in [7, 11) is 0. The number of nitrogens with one attached hydrogen (secondary N) is 2. The van der Waals surface area contributed by atoms with Crippen molar-refractivity contribution >= 4 is 27.7 Å². The summed E-state index contributed by atoms with van der Waals surface area (Å²) in [6, 6.07) is 13.7. The molecule has 0 saturated carbocycles. The van der Waals surface area contributed by atoms with Crippen LogP contribution in [-0.4, -0.2) is 45.0 Å². The highest BCUT2D eigenvalue weighted by Gasteiger charge is 2.17. The van der Waals surface area contributed by atoms with E-state index in [1.165, 1.54) is 12.1 Å². The third-order valence-corrected chi connectivity index (χ3v) is 4.69. The highest BCUT2D eigenvalue weighted by atomic mass is 79.9. The second-order valence-electron chi connectivity index (χ2n) is 6.33. The van der Waals surface area contributed by atoms with Crippen molar-refractivity contribution < 1.29 is 14.7 Å². The summed E-state index contributed by atoms with van der Waals surface area (Å²) in [5.41, 5.74) is 2.08. The second kappa shape index (κ2) is 9.33. The van der Waals surface area contributed by atoms with Crippen LogP contribution in [0.15, 0.2) is 53.0 Å². The van der Waals surface area contributed by atoms with Gasteiger partial charge in [-0.05, 0) is 49.7 Å². The average Bonchev–Trinajstić information content (AvgIpc) is 3.09. The first-order valence-electron chi connectivity index (χ1n) is 8.99. The first-order chi connectivity index (χ1) is 14.0. The van der Waals surface area contributed by atoms with Crippen molar-refractivity contribution in [2.24, 2.45) is 0 Å². The average molecular weight is 458 g/mol. The number of rotatable bonds is 7. The Hall–Kier alpha value is -3.20. The highest BCUT2D eigenvalue weighted by molar-refractivity contribution is 9.10. The molecule has 2 amide bonds. The van der Waals surface area contributed by atoms with Crippen molar-refractivity contribution in [3.05, 3.63) is 70.0 Å². The number of amides is 2. The number of nitrogens with zero attached hydrogens (tertiary/aromatic N) is 3. The van der Waals surface area contributed by atoms with Crippen molar-refractivity contribution in [2.45, 2.75) is 13.3 Å². The van der Waals surface area contributed by atoms with Gasteiger partial charge in [-0.3, -0.25) is 9.59 Å². The first-order valence-corrected chi connectivity index (χ1v) is 9.78. The molecule has 3 aromatic rings. The monoisotopic (exact) mass is 457 g/mol. The molecule has 0 saturated heterocycles. The topological polar surface area (TPSA) is 109 Å². The Morgan fingerprint density at radius 3 is 2.52 bits per heavy atom. The molecule has 3 rings (SSSR count). The van der Waals surface area contributed by atoms with E-state index in [9.17, 15) is 14.7 Å². The van der Waals surface area contributed by atoms with Crippen molar-refractivity contribution in [2.75, 3.05) is 13.1 Å². The van der Waals surface area contributed by atoms with Crippen LogP contribution in [0.2, 0.25) is 0 Å². The lowest BCUT2D eigenvalue weighted by Crippen LogP contribution is -2.30. The third-order valence-electron chi connectivity index (χ3n) is 4.20. The van der Waals surface area contributed by atoms with E-state index in [0.717, 1.165) is 10.2 Å². The zero-order valence-electron chi connectivity index (χ0n) is 15.7. The normalized spacial score (nSPS) is 10.6. The van der Waals surface area contributed by atoms with E-state index in [1.807, 2.05) is 24.3 Å². The summed E-state index contributed by atoms with van der Waals surface area (Å²) in [4.78, 5) is 24.4. The molecule has 1 aromatic heterocycles. The molecule has 3 N–H and O–H groups in total. The maximum absolute atomic E-state index is 12.4. The minimum Gasteiger partial charge on any atom is -0.508 e. The molecule has 0 aliphatic heterocycles. The number of aromatic hydroxyl groups is 1. The maximum atomic E-state index is 12.4. The van der Waals surface area contributed by atoms with Crippen LogP contribution >= 0.6 is 15.9 Å². The largest absolute Gasteiger partial charge is 0.508 e. The van der Waals surface area contributed by atoms with Crippen LogP contribution < -0.4 is 10.6 Å². The number of hydrogen-bond donors (Lipinski definition) is 3. The molecule has 0 atom stereocenters. The van der Waals surface area contributed by atoms with Gasteiger partial charge in [-0.2, -0.15) is 0 Å². The van der Waals surface area contributed by atoms with Gasteiger partial charge in [0.05, 0.1) is 11.4 Å². The van der Waals surface area contributed by atoms with Crippen molar-refractivity contribution in [3.8, 4) is 11.4 Å². The van der Waals surface area contributed by atoms with E-state index >= 15 is 0 Å². The van der Waals surface area contributed by atoms with Gasteiger partial charge < -0.3 is 15.7 Å². The summed E-state index contributed by atoms with van der Waals surface area (Å²) in [5, 5.41) is 23.0. The fourth-order valence-corrected chi connectivity index (χ4v) is 3.10. The zero-order chi connectivity index (χ0) is 20.8. The molecule has 9 heteroatoms. The van der Waals surface area contributed by atoms with Crippen LogP contribution in [0.4, 0.5) is 0 Å². The number of carbonyl (C=O) groups is 2. The number of halogens is 1. The predicted molar refractivity (Wildman–Crippen MR) is 111 cm³/mol. The molecule has 0 unspecified atom stereocenters. The van der Waals surface area contributed by atoms with Gasteiger partial charge in [0, 0.05) is 23.1 Å². The number of phenols is 1. The van der Waals surface area contributed by atoms with Gasteiger partial charge in [0.1, 0.15) is 5.75 Å². The Labute approximate surface area is 176 Å². The van der Waals surface area contributed by atoms with Gasteiger partial charge in [-0.25, -0.2) is 4.68 Å². The van der Waals surface area contributed by atoms with Gasteiger partial charge in [0.2, 0.25) is 0 Å². The minimum absolute atomic E-state index is 0.0381. The van der Waals surface area contributed by atoms with Crippen LogP contribution in [0.1, 0.15) is 33.0 Å². The van der Waals surface area contributed by atoms with Gasteiger partial charge >= 0.3 is 0 Å². The van der Waals surface area contributed by atoms with E-state index < -0.39 is 0 Å². The number of phenolic OH excluding ortho intramolecular Hbond substituents is 1. The fraction of sp³-hybridized carbons (Fsp3) is 0.200. The molecule has 0 bridgehead atoms.